The third kappa shape index (κ3) is 4.22. The van der Waals surface area contributed by atoms with Crippen molar-refractivity contribution in [3.05, 3.63) is 65.7 Å². The summed E-state index contributed by atoms with van der Waals surface area (Å²) in [5.41, 5.74) is 3.19. The van der Waals surface area contributed by atoms with Crippen LogP contribution < -0.4 is 10.6 Å². The van der Waals surface area contributed by atoms with Gasteiger partial charge in [0.05, 0.1) is 0 Å². The summed E-state index contributed by atoms with van der Waals surface area (Å²) < 4.78 is 0. The van der Waals surface area contributed by atoms with Crippen LogP contribution >= 0.6 is 0 Å². The number of carbonyl (C=O) groups is 2. The largest absolute Gasteiger partial charge is 0.356 e. The van der Waals surface area contributed by atoms with E-state index in [4.69, 9.17) is 0 Å². The molecule has 124 valence electrons. The molecule has 4 heteroatoms. The van der Waals surface area contributed by atoms with Gasteiger partial charge in [-0.05, 0) is 42.0 Å². The van der Waals surface area contributed by atoms with Crippen LogP contribution in [0.3, 0.4) is 0 Å². The number of benzene rings is 2. The second kappa shape index (κ2) is 7.30. The van der Waals surface area contributed by atoms with Crippen molar-refractivity contribution in [2.45, 2.75) is 25.7 Å². The van der Waals surface area contributed by atoms with E-state index in [9.17, 15) is 9.59 Å². The first-order valence-electron chi connectivity index (χ1n) is 8.32. The number of rotatable bonds is 6. The van der Waals surface area contributed by atoms with Crippen LogP contribution in [0.5, 0.6) is 0 Å². The van der Waals surface area contributed by atoms with Gasteiger partial charge in [0.1, 0.15) is 0 Å². The van der Waals surface area contributed by atoms with Crippen molar-refractivity contribution in [3.63, 3.8) is 0 Å². The minimum atomic E-state index is -0.0765. The van der Waals surface area contributed by atoms with Crippen molar-refractivity contribution >= 4 is 17.5 Å². The molecule has 1 fully saturated rings. The maximum Gasteiger partial charge on any atom is 0.223 e. The molecule has 2 aromatic rings. The fourth-order valence-corrected chi connectivity index (χ4v) is 2.97. The second-order valence-electron chi connectivity index (χ2n) is 6.28. The summed E-state index contributed by atoms with van der Waals surface area (Å²) in [5.74, 6) is 0.573. The Morgan fingerprint density at radius 3 is 2.42 bits per heavy atom. The Labute approximate surface area is 142 Å². The molecule has 1 aliphatic rings. The molecule has 2 aromatic carbocycles. The fraction of sp³-hybridized carbons (Fsp3) is 0.300. The van der Waals surface area contributed by atoms with Gasteiger partial charge in [-0.25, -0.2) is 0 Å². The molecule has 1 aliphatic carbocycles. The van der Waals surface area contributed by atoms with Crippen LogP contribution in [0, 0.1) is 5.92 Å². The zero-order chi connectivity index (χ0) is 16.9. The van der Waals surface area contributed by atoms with E-state index in [1.807, 2.05) is 42.5 Å². The van der Waals surface area contributed by atoms with E-state index in [1.165, 1.54) is 12.5 Å². The predicted octanol–water partition coefficient (Wildman–Crippen LogP) is 3.11. The van der Waals surface area contributed by atoms with Gasteiger partial charge in [-0.3, -0.25) is 9.59 Å². The Bertz CT molecular complexity index is 710. The first-order chi connectivity index (χ1) is 11.6. The third-order valence-electron chi connectivity index (χ3n) is 4.34. The summed E-state index contributed by atoms with van der Waals surface area (Å²) in [6.07, 6.45) is 1.73. The lowest BCUT2D eigenvalue weighted by atomic mass is 10.1. The van der Waals surface area contributed by atoms with E-state index >= 15 is 0 Å². The van der Waals surface area contributed by atoms with Gasteiger partial charge < -0.3 is 10.6 Å². The van der Waals surface area contributed by atoms with E-state index in [0.29, 0.717) is 12.5 Å². The van der Waals surface area contributed by atoms with Crippen molar-refractivity contribution < 1.29 is 9.59 Å². The summed E-state index contributed by atoms with van der Waals surface area (Å²) in [4.78, 5) is 23.2. The Morgan fingerprint density at radius 1 is 1.04 bits per heavy atom. The highest BCUT2D eigenvalue weighted by molar-refractivity contribution is 5.88. The van der Waals surface area contributed by atoms with E-state index in [2.05, 4.69) is 22.8 Å². The molecule has 1 saturated carbocycles. The Morgan fingerprint density at radius 2 is 1.75 bits per heavy atom. The monoisotopic (exact) mass is 322 g/mol. The number of hydrogen-bond acceptors (Lipinski definition) is 2. The van der Waals surface area contributed by atoms with E-state index < -0.39 is 0 Å². The van der Waals surface area contributed by atoms with Crippen molar-refractivity contribution in [3.8, 4) is 0 Å². The fourth-order valence-electron chi connectivity index (χ4n) is 2.97. The van der Waals surface area contributed by atoms with Gasteiger partial charge in [0.2, 0.25) is 11.8 Å². The summed E-state index contributed by atoms with van der Waals surface area (Å²) >= 11 is 0. The highest BCUT2D eigenvalue weighted by Crippen LogP contribution is 2.47. The van der Waals surface area contributed by atoms with Crippen LogP contribution in [0.4, 0.5) is 5.69 Å². The van der Waals surface area contributed by atoms with Crippen molar-refractivity contribution in [2.75, 3.05) is 11.9 Å². The molecular weight excluding hydrogens is 300 g/mol. The molecule has 2 N–H and O–H groups in total. The lowest BCUT2D eigenvalue weighted by Gasteiger charge is -2.07. The first kappa shape index (κ1) is 16.2. The van der Waals surface area contributed by atoms with Crippen molar-refractivity contribution in [2.24, 2.45) is 5.92 Å². The van der Waals surface area contributed by atoms with Crippen LogP contribution in [0.15, 0.2) is 54.6 Å². The molecule has 0 aliphatic heterocycles. The lowest BCUT2D eigenvalue weighted by Crippen LogP contribution is -2.27. The van der Waals surface area contributed by atoms with Crippen LogP contribution in [-0.4, -0.2) is 18.4 Å². The number of anilines is 1. The van der Waals surface area contributed by atoms with Crippen molar-refractivity contribution in [1.82, 2.24) is 5.32 Å². The molecule has 0 radical (unpaired) electrons. The number of amides is 2. The molecule has 0 heterocycles. The minimum absolute atomic E-state index is 0.0765. The molecule has 0 aromatic heterocycles. The normalized spacial score (nSPS) is 18.7. The summed E-state index contributed by atoms with van der Waals surface area (Å²) in [6.45, 7) is 2.13. The third-order valence-corrected chi connectivity index (χ3v) is 4.34. The molecule has 0 saturated heterocycles. The van der Waals surface area contributed by atoms with Gasteiger partial charge in [0.15, 0.2) is 0 Å². The predicted molar refractivity (Wildman–Crippen MR) is 94.7 cm³/mol. The number of hydrogen-bond donors (Lipinski definition) is 2. The minimum Gasteiger partial charge on any atom is -0.356 e. The molecule has 2 amide bonds. The van der Waals surface area contributed by atoms with Crippen LogP contribution in [0.25, 0.3) is 0 Å². The smallest absolute Gasteiger partial charge is 0.223 e. The second-order valence-corrected chi connectivity index (χ2v) is 6.28. The van der Waals surface area contributed by atoms with Crippen molar-refractivity contribution in [1.29, 1.82) is 0 Å². The number of nitrogens with one attached hydrogen (secondary N) is 2. The maximum absolute atomic E-state index is 12.2. The zero-order valence-electron chi connectivity index (χ0n) is 13.8. The van der Waals surface area contributed by atoms with Crippen LogP contribution in [0.1, 0.15) is 30.4 Å². The molecule has 0 spiro atoms. The van der Waals surface area contributed by atoms with E-state index in [-0.39, 0.29) is 17.7 Å². The standard InChI is InChI=1S/C20H22N2O2/c1-14(23)22-17-9-7-15(8-10-17)11-12-21-20(24)19-13-18(19)16-5-3-2-4-6-16/h2-10,18-19H,11-13H2,1H3,(H,21,24)(H,22,23)/t18-,19-/m0/s1. The zero-order valence-corrected chi connectivity index (χ0v) is 13.8. The Balaban J connectivity index is 1.42. The topological polar surface area (TPSA) is 58.2 Å². The molecule has 0 unspecified atom stereocenters. The van der Waals surface area contributed by atoms with Crippen LogP contribution in [-0.2, 0) is 16.0 Å². The van der Waals surface area contributed by atoms with E-state index in [0.717, 1.165) is 24.1 Å². The summed E-state index contributed by atoms with van der Waals surface area (Å²) in [5, 5.41) is 5.77. The molecule has 2 atom stereocenters. The molecular formula is C20H22N2O2. The van der Waals surface area contributed by atoms with Gasteiger partial charge in [-0.1, -0.05) is 42.5 Å². The molecule has 0 bridgehead atoms. The summed E-state index contributed by atoms with van der Waals surface area (Å²) in [6, 6.07) is 17.9. The molecule has 4 nitrogen and oxygen atoms in total. The van der Waals surface area contributed by atoms with Crippen LogP contribution in [0.2, 0.25) is 0 Å². The average Bonchev–Trinajstić information content (AvgIpc) is 3.37. The van der Waals surface area contributed by atoms with Gasteiger partial charge in [0, 0.05) is 25.1 Å². The van der Waals surface area contributed by atoms with Gasteiger partial charge in [-0.2, -0.15) is 0 Å². The average molecular weight is 322 g/mol. The van der Waals surface area contributed by atoms with Gasteiger partial charge >= 0.3 is 0 Å². The van der Waals surface area contributed by atoms with Gasteiger partial charge in [0.25, 0.3) is 0 Å². The lowest BCUT2D eigenvalue weighted by molar-refractivity contribution is -0.122. The SMILES string of the molecule is CC(=O)Nc1ccc(CCNC(=O)[C@H]2C[C@H]2c2ccccc2)cc1. The maximum atomic E-state index is 12.2. The first-order valence-corrected chi connectivity index (χ1v) is 8.32. The Kier molecular flexibility index (Phi) is 4.94. The highest BCUT2D eigenvalue weighted by atomic mass is 16.2. The quantitative estimate of drug-likeness (QED) is 0.858. The number of carbonyl (C=O) groups excluding carboxylic acids is 2. The summed E-state index contributed by atoms with van der Waals surface area (Å²) in [7, 11) is 0. The molecule has 3 rings (SSSR count). The molecule has 24 heavy (non-hydrogen) atoms. The van der Waals surface area contributed by atoms with Gasteiger partial charge in [-0.15, -0.1) is 0 Å². The van der Waals surface area contributed by atoms with E-state index in [1.54, 1.807) is 0 Å². The highest BCUT2D eigenvalue weighted by Gasteiger charge is 2.43. The Hall–Kier alpha value is -2.62.